The van der Waals surface area contributed by atoms with Crippen LogP contribution in [0.3, 0.4) is 0 Å². The molecule has 244 valence electrons. The summed E-state index contributed by atoms with van der Waals surface area (Å²) < 4.78 is 0. The minimum absolute atomic E-state index is 0.800. The van der Waals surface area contributed by atoms with Crippen LogP contribution < -0.4 is 0 Å². The summed E-state index contributed by atoms with van der Waals surface area (Å²) in [6.07, 6.45) is 7.32. The van der Waals surface area contributed by atoms with Gasteiger partial charge in [-0.05, 0) is 68.8 Å². The molecule has 52 heavy (non-hydrogen) atoms. The van der Waals surface area contributed by atoms with E-state index in [4.69, 9.17) is 9.98 Å². The molecule has 0 amide bonds. The maximum absolute atomic E-state index is 5.35. The summed E-state index contributed by atoms with van der Waals surface area (Å²) >= 11 is 0. The Kier molecular flexibility index (Phi) is 8.16. The Labute approximate surface area is 303 Å². The second kappa shape index (κ2) is 13.7. The topological polar surface area (TPSA) is 50.5 Å². The molecule has 6 aromatic carbocycles. The van der Waals surface area contributed by atoms with E-state index in [9.17, 15) is 0 Å². The fraction of sp³-hybridized carbons (Fsp3) is 0. The van der Waals surface area contributed by atoms with E-state index in [0.717, 1.165) is 67.3 Å². The van der Waals surface area contributed by atoms with Crippen molar-refractivity contribution in [3.05, 3.63) is 217 Å². The molecule has 4 heteroatoms. The van der Waals surface area contributed by atoms with Crippen molar-refractivity contribution >= 4 is 22.8 Å². The standard InChI is InChI=1S/C48H32N4/c1-3-9-33(10-4-1)35-17-21-37(22-18-35)39-13-7-15-41(29-39)47-43-31-49-27-25-45(43)52-48(44-32-50-28-26-46(44)51-47)42-16-8-14-40(30-42)38-23-19-36(20-24-38)34-11-5-2-6-12-34/h1-32H. The van der Waals surface area contributed by atoms with E-state index in [0.29, 0.717) is 0 Å². The molecule has 0 fully saturated rings. The number of fused-ring (bicyclic) bond motifs is 2. The number of rotatable bonds is 6. The van der Waals surface area contributed by atoms with Crippen molar-refractivity contribution in [3.63, 3.8) is 0 Å². The average molecular weight is 665 g/mol. The lowest BCUT2D eigenvalue weighted by atomic mass is 9.94. The van der Waals surface area contributed by atoms with Gasteiger partial charge in [0.25, 0.3) is 0 Å². The molecule has 0 N–H and O–H groups in total. The molecule has 0 bridgehead atoms. The zero-order valence-corrected chi connectivity index (χ0v) is 28.3. The Morgan fingerprint density at radius 1 is 0.269 bits per heavy atom. The molecule has 2 aromatic heterocycles. The molecule has 9 rings (SSSR count). The molecular weight excluding hydrogens is 633 g/mol. The lowest BCUT2D eigenvalue weighted by Gasteiger charge is -2.18. The first kappa shape index (κ1) is 31.0. The molecule has 0 saturated heterocycles. The van der Waals surface area contributed by atoms with E-state index in [1.165, 1.54) is 22.3 Å². The summed E-state index contributed by atoms with van der Waals surface area (Å²) in [5.74, 6) is 0. The molecule has 0 saturated carbocycles. The normalized spacial score (nSPS) is 12.1. The average Bonchev–Trinajstić information content (AvgIpc) is 3.22. The molecule has 1 aliphatic heterocycles. The molecule has 0 aliphatic carbocycles. The van der Waals surface area contributed by atoms with Crippen LogP contribution in [0.5, 0.6) is 0 Å². The van der Waals surface area contributed by atoms with Crippen LogP contribution in [0.2, 0.25) is 0 Å². The predicted molar refractivity (Wildman–Crippen MR) is 214 cm³/mol. The van der Waals surface area contributed by atoms with Crippen molar-refractivity contribution < 1.29 is 0 Å². The molecular formula is C48H32N4. The van der Waals surface area contributed by atoms with Crippen LogP contribution in [0.25, 0.3) is 44.5 Å². The Hall–Kier alpha value is -7.04. The van der Waals surface area contributed by atoms with E-state index in [1.54, 1.807) is 12.4 Å². The molecule has 3 heterocycles. The minimum Gasteiger partial charge on any atom is -0.264 e. The largest absolute Gasteiger partial charge is 0.264 e. The fourth-order valence-electron chi connectivity index (χ4n) is 6.80. The van der Waals surface area contributed by atoms with Crippen molar-refractivity contribution in [2.75, 3.05) is 0 Å². The summed E-state index contributed by atoms with van der Waals surface area (Å²) in [5, 5.41) is 0. The number of pyridine rings is 2. The van der Waals surface area contributed by atoms with Crippen LogP contribution >= 0.6 is 0 Å². The number of hydrogen-bond acceptors (Lipinski definition) is 4. The van der Waals surface area contributed by atoms with Crippen LogP contribution in [0.4, 0.5) is 11.4 Å². The second-order valence-electron chi connectivity index (χ2n) is 12.8. The first-order chi connectivity index (χ1) is 25.8. The number of aromatic nitrogens is 2. The van der Waals surface area contributed by atoms with Gasteiger partial charge in [0.15, 0.2) is 0 Å². The van der Waals surface area contributed by atoms with Crippen molar-refractivity contribution in [1.82, 2.24) is 9.97 Å². The van der Waals surface area contributed by atoms with E-state index in [2.05, 4.69) is 156 Å². The van der Waals surface area contributed by atoms with Gasteiger partial charge in [-0.2, -0.15) is 0 Å². The first-order valence-corrected chi connectivity index (χ1v) is 17.4. The van der Waals surface area contributed by atoms with Gasteiger partial charge in [-0.3, -0.25) is 9.97 Å². The maximum Gasteiger partial charge on any atom is 0.0819 e. The highest BCUT2D eigenvalue weighted by atomic mass is 14.9. The third-order valence-corrected chi connectivity index (χ3v) is 9.49. The SMILES string of the molecule is c1ccc(-c2ccc(-c3cccc(C4=Nc5ccncc5C(c5cccc(-c6ccc(-c7ccccc7)cc6)c5)=Nc5ccncc54)c3)cc2)cc1. The highest BCUT2D eigenvalue weighted by Gasteiger charge is 2.21. The summed E-state index contributed by atoms with van der Waals surface area (Å²) in [7, 11) is 0. The van der Waals surface area contributed by atoms with Crippen LogP contribution in [0, 0.1) is 0 Å². The number of hydrogen-bond donors (Lipinski definition) is 0. The van der Waals surface area contributed by atoms with Gasteiger partial charge in [0.1, 0.15) is 0 Å². The van der Waals surface area contributed by atoms with Gasteiger partial charge < -0.3 is 0 Å². The van der Waals surface area contributed by atoms with Gasteiger partial charge in [-0.25, -0.2) is 9.98 Å². The molecule has 4 nitrogen and oxygen atoms in total. The van der Waals surface area contributed by atoms with Gasteiger partial charge in [0.05, 0.1) is 22.8 Å². The molecule has 0 radical (unpaired) electrons. The van der Waals surface area contributed by atoms with E-state index in [1.807, 2.05) is 36.7 Å². The van der Waals surface area contributed by atoms with E-state index in [-0.39, 0.29) is 0 Å². The third kappa shape index (κ3) is 6.14. The van der Waals surface area contributed by atoms with Gasteiger partial charge in [0, 0.05) is 47.0 Å². The molecule has 0 atom stereocenters. The van der Waals surface area contributed by atoms with Crippen molar-refractivity contribution in [3.8, 4) is 44.5 Å². The van der Waals surface area contributed by atoms with Crippen molar-refractivity contribution in [2.24, 2.45) is 9.98 Å². The molecule has 1 aliphatic rings. The summed E-state index contributed by atoms with van der Waals surface area (Å²) in [6.45, 7) is 0. The summed E-state index contributed by atoms with van der Waals surface area (Å²) in [4.78, 5) is 19.8. The zero-order valence-electron chi connectivity index (χ0n) is 28.3. The van der Waals surface area contributed by atoms with Crippen LogP contribution in [-0.2, 0) is 0 Å². The Bertz CT molecular complexity index is 2400. The minimum atomic E-state index is 0.800. The predicted octanol–water partition coefficient (Wildman–Crippen LogP) is 11.8. The molecule has 0 unspecified atom stereocenters. The van der Waals surface area contributed by atoms with Gasteiger partial charge in [-0.1, -0.05) is 146 Å². The zero-order chi connectivity index (χ0) is 34.7. The number of aliphatic imine (C=N–C) groups is 2. The fourth-order valence-corrected chi connectivity index (χ4v) is 6.80. The van der Waals surface area contributed by atoms with E-state index >= 15 is 0 Å². The first-order valence-electron chi connectivity index (χ1n) is 17.4. The van der Waals surface area contributed by atoms with Gasteiger partial charge >= 0.3 is 0 Å². The highest BCUT2D eigenvalue weighted by molar-refractivity contribution is 6.22. The van der Waals surface area contributed by atoms with Crippen LogP contribution in [-0.4, -0.2) is 21.4 Å². The molecule has 0 spiro atoms. The quantitative estimate of drug-likeness (QED) is 0.178. The van der Waals surface area contributed by atoms with Crippen molar-refractivity contribution in [1.29, 1.82) is 0 Å². The molecule has 8 aromatic rings. The smallest absolute Gasteiger partial charge is 0.0819 e. The third-order valence-electron chi connectivity index (χ3n) is 9.49. The van der Waals surface area contributed by atoms with Gasteiger partial charge in [0.2, 0.25) is 0 Å². The van der Waals surface area contributed by atoms with Gasteiger partial charge in [-0.15, -0.1) is 0 Å². The van der Waals surface area contributed by atoms with E-state index < -0.39 is 0 Å². The summed E-state index contributed by atoms with van der Waals surface area (Å²) in [6, 6.07) is 59.4. The van der Waals surface area contributed by atoms with Crippen LogP contribution in [0.1, 0.15) is 22.3 Å². The Balaban J connectivity index is 1.10. The monoisotopic (exact) mass is 664 g/mol. The number of nitrogens with zero attached hydrogens (tertiary/aromatic N) is 4. The summed E-state index contributed by atoms with van der Waals surface area (Å²) in [5.41, 5.74) is 16.2. The van der Waals surface area contributed by atoms with Crippen LogP contribution in [0.15, 0.2) is 205 Å². The maximum atomic E-state index is 5.35. The van der Waals surface area contributed by atoms with Crippen molar-refractivity contribution in [2.45, 2.75) is 0 Å². The second-order valence-corrected chi connectivity index (χ2v) is 12.8. The Morgan fingerprint density at radius 3 is 1.00 bits per heavy atom. The number of benzene rings is 6. The lowest BCUT2D eigenvalue weighted by molar-refractivity contribution is 1.26. The Morgan fingerprint density at radius 2 is 0.596 bits per heavy atom. The highest BCUT2D eigenvalue weighted by Crippen LogP contribution is 2.35. The lowest BCUT2D eigenvalue weighted by Crippen LogP contribution is -2.11.